The van der Waals surface area contributed by atoms with Crippen LogP contribution in [0.15, 0.2) is 12.1 Å². The van der Waals surface area contributed by atoms with Crippen molar-refractivity contribution in [1.29, 1.82) is 0 Å². The van der Waals surface area contributed by atoms with Gasteiger partial charge in [-0.3, -0.25) is 4.79 Å². The fraction of sp³-hybridized carbons (Fsp3) is 0.364. The van der Waals surface area contributed by atoms with E-state index in [0.29, 0.717) is 0 Å². The summed E-state index contributed by atoms with van der Waals surface area (Å²) >= 11 is 0. The second kappa shape index (κ2) is 2.59. The third-order valence-electron chi connectivity index (χ3n) is 2.75. The molecule has 0 saturated carbocycles. The van der Waals surface area contributed by atoms with Crippen molar-refractivity contribution in [2.45, 2.75) is 26.7 Å². The van der Waals surface area contributed by atoms with Gasteiger partial charge >= 0.3 is 0 Å². The molecule has 1 atom stereocenters. The zero-order valence-electron chi connectivity index (χ0n) is 8.14. The number of hydrogen-bond donors (Lipinski definition) is 1. The Labute approximate surface area is 78.0 Å². The molecular formula is C11H13NO. The van der Waals surface area contributed by atoms with E-state index in [-0.39, 0.29) is 11.8 Å². The Bertz CT molecular complexity index is 382. The predicted octanol–water partition coefficient (Wildman–Crippen LogP) is 2.36. The first kappa shape index (κ1) is 8.30. The third-order valence-corrected chi connectivity index (χ3v) is 2.75. The van der Waals surface area contributed by atoms with Crippen LogP contribution in [0.1, 0.15) is 29.5 Å². The molecule has 0 saturated heterocycles. The van der Waals surface area contributed by atoms with E-state index in [1.165, 1.54) is 11.1 Å². The number of nitrogens with one attached hydrogen (secondary N) is 1. The molecule has 1 N–H and O–H groups in total. The van der Waals surface area contributed by atoms with Crippen molar-refractivity contribution < 1.29 is 4.79 Å². The molecule has 68 valence electrons. The summed E-state index contributed by atoms with van der Waals surface area (Å²) in [5, 5.41) is 2.92. The minimum absolute atomic E-state index is 0.00917. The van der Waals surface area contributed by atoms with Crippen LogP contribution in [0.3, 0.4) is 0 Å². The summed E-state index contributed by atoms with van der Waals surface area (Å²) in [5.41, 5.74) is 4.55. The normalized spacial score (nSPS) is 19.9. The van der Waals surface area contributed by atoms with Crippen LogP contribution in [-0.4, -0.2) is 5.91 Å². The summed E-state index contributed by atoms with van der Waals surface area (Å²) in [6.45, 7) is 6.03. The predicted molar refractivity (Wildman–Crippen MR) is 53.0 cm³/mol. The smallest absolute Gasteiger partial charge is 0.231 e. The van der Waals surface area contributed by atoms with Gasteiger partial charge in [0, 0.05) is 5.69 Å². The molecule has 1 aliphatic heterocycles. The van der Waals surface area contributed by atoms with E-state index in [2.05, 4.69) is 18.3 Å². The molecular weight excluding hydrogens is 162 g/mol. The number of amides is 1. The van der Waals surface area contributed by atoms with Crippen LogP contribution in [0.4, 0.5) is 5.69 Å². The van der Waals surface area contributed by atoms with E-state index in [9.17, 15) is 4.79 Å². The zero-order chi connectivity index (χ0) is 9.59. The molecule has 1 amide bonds. The van der Waals surface area contributed by atoms with E-state index in [1.807, 2.05) is 19.9 Å². The number of benzene rings is 1. The lowest BCUT2D eigenvalue weighted by molar-refractivity contribution is -0.116. The van der Waals surface area contributed by atoms with Crippen molar-refractivity contribution in [2.75, 3.05) is 5.32 Å². The van der Waals surface area contributed by atoms with Crippen LogP contribution >= 0.6 is 0 Å². The molecule has 0 fully saturated rings. The van der Waals surface area contributed by atoms with Crippen molar-refractivity contribution in [2.24, 2.45) is 0 Å². The lowest BCUT2D eigenvalue weighted by Crippen LogP contribution is -2.08. The van der Waals surface area contributed by atoms with Crippen molar-refractivity contribution in [3.05, 3.63) is 28.8 Å². The monoisotopic (exact) mass is 175 g/mol. The SMILES string of the molecule is Cc1ccc(C)c2c1NC(=O)C2C. The lowest BCUT2D eigenvalue weighted by atomic mass is 9.96. The Kier molecular flexibility index (Phi) is 1.65. The standard InChI is InChI=1S/C11H13NO/c1-6-4-5-7(2)10-9(6)8(3)11(13)12-10/h4-5,8H,1-3H3,(H,12,13). The lowest BCUT2D eigenvalue weighted by Gasteiger charge is -2.07. The number of aryl methyl sites for hydroxylation is 2. The Morgan fingerprint density at radius 3 is 2.46 bits per heavy atom. The highest BCUT2D eigenvalue weighted by Crippen LogP contribution is 2.36. The average Bonchev–Trinajstić information content (AvgIpc) is 2.38. The third kappa shape index (κ3) is 1.05. The number of fused-ring (bicyclic) bond motifs is 1. The van der Waals surface area contributed by atoms with Crippen LogP contribution in [-0.2, 0) is 4.79 Å². The summed E-state index contributed by atoms with van der Waals surface area (Å²) < 4.78 is 0. The molecule has 1 aromatic carbocycles. The van der Waals surface area contributed by atoms with Crippen LogP contribution in [0.5, 0.6) is 0 Å². The molecule has 2 nitrogen and oxygen atoms in total. The summed E-state index contributed by atoms with van der Waals surface area (Å²) in [7, 11) is 0. The zero-order valence-corrected chi connectivity index (χ0v) is 8.14. The van der Waals surface area contributed by atoms with Gasteiger partial charge in [0.25, 0.3) is 0 Å². The summed E-state index contributed by atoms with van der Waals surface area (Å²) in [5.74, 6) is 0.127. The van der Waals surface area contributed by atoms with Gasteiger partial charge < -0.3 is 5.32 Å². The fourth-order valence-electron chi connectivity index (χ4n) is 1.92. The highest BCUT2D eigenvalue weighted by molar-refractivity contribution is 6.03. The number of hydrogen-bond acceptors (Lipinski definition) is 1. The van der Waals surface area contributed by atoms with Crippen LogP contribution in [0.25, 0.3) is 0 Å². The molecule has 0 aliphatic carbocycles. The average molecular weight is 175 g/mol. The Morgan fingerprint density at radius 2 is 1.85 bits per heavy atom. The maximum absolute atomic E-state index is 11.4. The van der Waals surface area contributed by atoms with Gasteiger partial charge in [0.05, 0.1) is 5.92 Å². The fourth-order valence-corrected chi connectivity index (χ4v) is 1.92. The van der Waals surface area contributed by atoms with Gasteiger partial charge in [0.2, 0.25) is 5.91 Å². The summed E-state index contributed by atoms with van der Waals surface area (Å²) in [6, 6.07) is 4.12. The Hall–Kier alpha value is -1.31. The van der Waals surface area contributed by atoms with Crippen molar-refractivity contribution in [1.82, 2.24) is 0 Å². The van der Waals surface area contributed by atoms with Crippen molar-refractivity contribution in [3.8, 4) is 0 Å². The van der Waals surface area contributed by atoms with Gasteiger partial charge in [0.15, 0.2) is 0 Å². The highest BCUT2D eigenvalue weighted by atomic mass is 16.2. The van der Waals surface area contributed by atoms with E-state index in [1.54, 1.807) is 0 Å². The van der Waals surface area contributed by atoms with E-state index in [4.69, 9.17) is 0 Å². The molecule has 0 bridgehead atoms. The van der Waals surface area contributed by atoms with Crippen molar-refractivity contribution in [3.63, 3.8) is 0 Å². The molecule has 2 rings (SSSR count). The number of rotatable bonds is 0. The maximum Gasteiger partial charge on any atom is 0.231 e. The van der Waals surface area contributed by atoms with Crippen molar-refractivity contribution >= 4 is 11.6 Å². The van der Waals surface area contributed by atoms with Gasteiger partial charge in [0.1, 0.15) is 0 Å². The first-order valence-electron chi connectivity index (χ1n) is 4.52. The summed E-state index contributed by atoms with van der Waals surface area (Å²) in [4.78, 5) is 11.4. The maximum atomic E-state index is 11.4. The largest absolute Gasteiger partial charge is 0.325 e. The molecule has 2 heteroatoms. The van der Waals surface area contributed by atoms with Gasteiger partial charge in [-0.25, -0.2) is 0 Å². The molecule has 0 radical (unpaired) electrons. The Balaban J connectivity index is 2.68. The molecule has 1 aliphatic rings. The van der Waals surface area contributed by atoms with Gasteiger partial charge in [-0.1, -0.05) is 12.1 Å². The molecule has 13 heavy (non-hydrogen) atoms. The minimum atomic E-state index is 0.00917. The second-order valence-corrected chi connectivity index (χ2v) is 3.70. The highest BCUT2D eigenvalue weighted by Gasteiger charge is 2.28. The van der Waals surface area contributed by atoms with Gasteiger partial charge in [-0.2, -0.15) is 0 Å². The number of carbonyl (C=O) groups excluding carboxylic acids is 1. The molecule has 0 spiro atoms. The van der Waals surface area contributed by atoms with Gasteiger partial charge in [-0.15, -0.1) is 0 Å². The molecule has 1 heterocycles. The van der Waals surface area contributed by atoms with E-state index in [0.717, 1.165) is 11.3 Å². The first-order chi connectivity index (χ1) is 6.11. The van der Waals surface area contributed by atoms with E-state index >= 15 is 0 Å². The Morgan fingerprint density at radius 1 is 1.23 bits per heavy atom. The number of carbonyl (C=O) groups is 1. The molecule has 1 unspecified atom stereocenters. The van der Waals surface area contributed by atoms with E-state index < -0.39 is 0 Å². The molecule has 1 aromatic rings. The quantitative estimate of drug-likeness (QED) is 0.644. The van der Waals surface area contributed by atoms with Crippen LogP contribution < -0.4 is 5.32 Å². The van der Waals surface area contributed by atoms with Crippen LogP contribution in [0.2, 0.25) is 0 Å². The topological polar surface area (TPSA) is 29.1 Å². The van der Waals surface area contributed by atoms with Gasteiger partial charge in [-0.05, 0) is 37.5 Å². The first-order valence-corrected chi connectivity index (χ1v) is 4.52. The molecule has 0 aromatic heterocycles. The summed E-state index contributed by atoms with van der Waals surface area (Å²) in [6.07, 6.45) is 0. The second-order valence-electron chi connectivity index (χ2n) is 3.70. The minimum Gasteiger partial charge on any atom is -0.325 e. The number of anilines is 1. The van der Waals surface area contributed by atoms with Crippen LogP contribution in [0, 0.1) is 13.8 Å².